The van der Waals surface area contributed by atoms with Crippen LogP contribution in [-0.4, -0.2) is 17.4 Å². The Bertz CT molecular complexity index is 805. The Kier molecular flexibility index (Phi) is 6.77. The monoisotopic (exact) mass is 340 g/mol. The molecule has 0 aliphatic heterocycles. The highest BCUT2D eigenvalue weighted by Gasteiger charge is 2.08. The molecule has 3 rings (SSSR count). The lowest BCUT2D eigenvalue weighted by Gasteiger charge is -2.04. The van der Waals surface area contributed by atoms with Crippen molar-refractivity contribution in [2.24, 2.45) is 0 Å². The molecule has 0 spiro atoms. The van der Waals surface area contributed by atoms with Crippen molar-refractivity contribution in [1.29, 1.82) is 0 Å². The van der Waals surface area contributed by atoms with E-state index in [1.165, 1.54) is 24.4 Å². The second kappa shape index (κ2) is 9.27. The topological polar surface area (TPSA) is 42.0 Å². The maximum atomic E-state index is 13.5. The van der Waals surface area contributed by atoms with Crippen LogP contribution >= 0.6 is 0 Å². The molecule has 1 amide bonds. The van der Waals surface area contributed by atoms with Crippen LogP contribution in [0.4, 0.5) is 8.78 Å². The zero-order valence-corrected chi connectivity index (χ0v) is 13.7. The first-order chi connectivity index (χ1) is 12.1. The fourth-order valence-electron chi connectivity index (χ4n) is 2.05. The van der Waals surface area contributed by atoms with Crippen LogP contribution in [0, 0.1) is 11.6 Å². The summed E-state index contributed by atoms with van der Waals surface area (Å²) in [7, 11) is 0. The number of aromatic nitrogens is 1. The molecule has 3 aromatic rings. The quantitative estimate of drug-likeness (QED) is 0.765. The second-order valence-electron chi connectivity index (χ2n) is 5.07. The van der Waals surface area contributed by atoms with Gasteiger partial charge in [-0.3, -0.25) is 9.78 Å². The van der Waals surface area contributed by atoms with E-state index in [1.54, 1.807) is 48.5 Å². The summed E-state index contributed by atoms with van der Waals surface area (Å²) in [4.78, 5) is 15.5. The Morgan fingerprint density at radius 2 is 1.64 bits per heavy atom. The maximum absolute atomic E-state index is 13.5. The van der Waals surface area contributed by atoms with Crippen LogP contribution in [0.15, 0.2) is 72.9 Å². The molecule has 0 unspecified atom stereocenters. The number of halogens is 2. The molecule has 3 nitrogen and oxygen atoms in total. The normalized spacial score (nSPS) is 9.72. The number of nitrogens with one attached hydrogen (secondary N) is 1. The number of carbonyl (C=O) groups is 1. The van der Waals surface area contributed by atoms with Crippen molar-refractivity contribution in [3.8, 4) is 11.1 Å². The van der Waals surface area contributed by atoms with Crippen molar-refractivity contribution in [2.45, 2.75) is 6.92 Å². The average molecular weight is 340 g/mol. The van der Waals surface area contributed by atoms with Crippen molar-refractivity contribution >= 4 is 5.91 Å². The van der Waals surface area contributed by atoms with Gasteiger partial charge in [-0.25, -0.2) is 8.78 Å². The Hall–Kier alpha value is -3.08. The fourth-order valence-corrected chi connectivity index (χ4v) is 2.05. The van der Waals surface area contributed by atoms with E-state index in [9.17, 15) is 13.6 Å². The number of pyridine rings is 1. The van der Waals surface area contributed by atoms with E-state index in [-0.39, 0.29) is 17.5 Å². The third-order valence-electron chi connectivity index (χ3n) is 3.25. The lowest BCUT2D eigenvalue weighted by molar-refractivity contribution is 0.0951. The summed E-state index contributed by atoms with van der Waals surface area (Å²) in [6.07, 6.45) is 1.50. The summed E-state index contributed by atoms with van der Waals surface area (Å²) in [6.45, 7) is 2.39. The van der Waals surface area contributed by atoms with Crippen molar-refractivity contribution in [1.82, 2.24) is 10.3 Å². The van der Waals surface area contributed by atoms with Crippen LogP contribution in [0.1, 0.15) is 17.4 Å². The second-order valence-corrected chi connectivity index (χ2v) is 5.07. The van der Waals surface area contributed by atoms with Crippen molar-refractivity contribution in [3.05, 3.63) is 90.3 Å². The number of carbonyl (C=O) groups excluding carboxylic acids is 1. The van der Waals surface area contributed by atoms with Gasteiger partial charge in [0.2, 0.25) is 0 Å². The Morgan fingerprint density at radius 3 is 2.16 bits per heavy atom. The van der Waals surface area contributed by atoms with Gasteiger partial charge >= 0.3 is 0 Å². The van der Waals surface area contributed by atoms with Crippen LogP contribution in [0.2, 0.25) is 0 Å². The van der Waals surface area contributed by atoms with Gasteiger partial charge in [-0.1, -0.05) is 42.5 Å². The number of amides is 1. The molecule has 128 valence electrons. The van der Waals surface area contributed by atoms with Gasteiger partial charge in [0.25, 0.3) is 5.91 Å². The van der Waals surface area contributed by atoms with E-state index >= 15 is 0 Å². The van der Waals surface area contributed by atoms with Crippen LogP contribution < -0.4 is 5.32 Å². The highest BCUT2D eigenvalue weighted by molar-refractivity contribution is 5.92. The standard InChI is InChI=1S/C14H13FN2O.C6H5F/c1-2-16-14(18)13-8-7-10(9-17-13)11-5-3-4-6-12(11)15;7-6-4-2-1-3-5-6/h3-9H,2H2,1H3,(H,16,18);1-5H. The first kappa shape index (κ1) is 18.3. The summed E-state index contributed by atoms with van der Waals surface area (Å²) < 4.78 is 25.5. The summed E-state index contributed by atoms with van der Waals surface area (Å²) in [6, 6.07) is 17.7. The number of hydrogen-bond donors (Lipinski definition) is 1. The van der Waals surface area contributed by atoms with Crippen LogP contribution in [0.25, 0.3) is 11.1 Å². The Balaban J connectivity index is 0.000000269. The minimum atomic E-state index is -0.301. The number of benzene rings is 2. The number of hydrogen-bond acceptors (Lipinski definition) is 2. The summed E-state index contributed by atoms with van der Waals surface area (Å²) in [5, 5.41) is 2.66. The van der Waals surface area contributed by atoms with Crippen molar-refractivity contribution < 1.29 is 13.6 Å². The minimum absolute atomic E-state index is 0.178. The van der Waals surface area contributed by atoms with Gasteiger partial charge in [-0.05, 0) is 31.2 Å². The molecule has 1 N–H and O–H groups in total. The molecule has 0 saturated heterocycles. The minimum Gasteiger partial charge on any atom is -0.351 e. The molecular weight excluding hydrogens is 322 g/mol. The third-order valence-corrected chi connectivity index (χ3v) is 3.25. The predicted octanol–water partition coefficient (Wildman–Crippen LogP) is 4.46. The highest BCUT2D eigenvalue weighted by atomic mass is 19.1. The number of rotatable bonds is 3. The lowest BCUT2D eigenvalue weighted by atomic mass is 10.1. The summed E-state index contributed by atoms with van der Waals surface area (Å²) in [5.74, 6) is -0.704. The van der Waals surface area contributed by atoms with Gasteiger partial charge in [0.1, 0.15) is 17.3 Å². The molecule has 0 aliphatic rings. The largest absolute Gasteiger partial charge is 0.351 e. The molecule has 1 heterocycles. The molecular formula is C20H18F2N2O. The highest BCUT2D eigenvalue weighted by Crippen LogP contribution is 2.21. The molecule has 0 saturated carbocycles. The van der Waals surface area contributed by atoms with Crippen molar-refractivity contribution in [2.75, 3.05) is 6.54 Å². The van der Waals surface area contributed by atoms with Gasteiger partial charge in [-0.15, -0.1) is 0 Å². The van der Waals surface area contributed by atoms with Crippen LogP contribution in [0.5, 0.6) is 0 Å². The average Bonchev–Trinajstić information content (AvgIpc) is 2.64. The Morgan fingerprint density at radius 1 is 0.960 bits per heavy atom. The lowest BCUT2D eigenvalue weighted by Crippen LogP contribution is -2.23. The van der Waals surface area contributed by atoms with E-state index in [4.69, 9.17) is 0 Å². The summed E-state index contributed by atoms with van der Waals surface area (Å²) >= 11 is 0. The first-order valence-electron chi connectivity index (χ1n) is 7.81. The molecule has 5 heteroatoms. The SMILES string of the molecule is CCNC(=O)c1ccc(-c2ccccc2F)cn1.Fc1ccccc1. The van der Waals surface area contributed by atoms with Gasteiger partial charge in [0, 0.05) is 23.9 Å². The third kappa shape index (κ3) is 5.49. The molecule has 0 bridgehead atoms. The molecule has 0 aliphatic carbocycles. The van der Waals surface area contributed by atoms with E-state index < -0.39 is 0 Å². The molecule has 25 heavy (non-hydrogen) atoms. The smallest absolute Gasteiger partial charge is 0.269 e. The molecule has 0 fully saturated rings. The molecule has 1 aromatic heterocycles. The van der Waals surface area contributed by atoms with Crippen molar-refractivity contribution in [3.63, 3.8) is 0 Å². The zero-order valence-electron chi connectivity index (χ0n) is 13.7. The van der Waals surface area contributed by atoms with E-state index in [1.807, 2.05) is 6.92 Å². The van der Waals surface area contributed by atoms with E-state index in [0.717, 1.165) is 0 Å². The van der Waals surface area contributed by atoms with E-state index in [2.05, 4.69) is 10.3 Å². The Labute approximate surface area is 145 Å². The predicted molar refractivity (Wildman–Crippen MR) is 94.0 cm³/mol. The number of nitrogens with zero attached hydrogens (tertiary/aromatic N) is 1. The van der Waals surface area contributed by atoms with Crippen LogP contribution in [-0.2, 0) is 0 Å². The van der Waals surface area contributed by atoms with Gasteiger partial charge in [-0.2, -0.15) is 0 Å². The van der Waals surface area contributed by atoms with Gasteiger partial charge < -0.3 is 5.32 Å². The molecule has 2 aromatic carbocycles. The fraction of sp³-hybridized carbons (Fsp3) is 0.100. The zero-order chi connectivity index (χ0) is 18.1. The summed E-state index contributed by atoms with van der Waals surface area (Å²) in [5.41, 5.74) is 1.46. The van der Waals surface area contributed by atoms with Gasteiger partial charge in [0.05, 0.1) is 0 Å². The maximum Gasteiger partial charge on any atom is 0.269 e. The van der Waals surface area contributed by atoms with Gasteiger partial charge in [0.15, 0.2) is 0 Å². The first-order valence-corrected chi connectivity index (χ1v) is 7.81. The van der Waals surface area contributed by atoms with E-state index in [0.29, 0.717) is 23.4 Å². The molecule has 0 atom stereocenters. The van der Waals surface area contributed by atoms with Crippen LogP contribution in [0.3, 0.4) is 0 Å². The molecule has 0 radical (unpaired) electrons.